The fourth-order valence-corrected chi connectivity index (χ4v) is 3.64. The fraction of sp³-hybridized carbons (Fsp3) is 1.00. The second-order valence-electron chi connectivity index (χ2n) is 5.12. The van der Waals surface area contributed by atoms with Crippen LogP contribution in [0.15, 0.2) is 0 Å². The number of rotatable bonds is 3. The van der Waals surface area contributed by atoms with E-state index < -0.39 is 9.84 Å². The highest BCUT2D eigenvalue weighted by atomic mass is 32.2. The van der Waals surface area contributed by atoms with Gasteiger partial charge in [-0.3, -0.25) is 0 Å². The third-order valence-corrected chi connectivity index (χ3v) is 4.45. The van der Waals surface area contributed by atoms with Crippen LogP contribution in [-0.2, 0) is 9.84 Å². The zero-order chi connectivity index (χ0) is 10.8. The minimum atomic E-state index is -2.76. The van der Waals surface area contributed by atoms with Gasteiger partial charge in [-0.25, -0.2) is 8.42 Å². The molecule has 0 amide bonds. The molecule has 0 heterocycles. The Morgan fingerprint density at radius 2 is 1.64 bits per heavy atom. The third kappa shape index (κ3) is 3.99. The van der Waals surface area contributed by atoms with Crippen molar-refractivity contribution in [2.75, 3.05) is 12.0 Å². The second-order valence-corrected chi connectivity index (χ2v) is 7.30. The number of hydrogen-bond donors (Lipinski definition) is 0. The summed E-state index contributed by atoms with van der Waals surface area (Å²) in [5, 5.41) is 0. The van der Waals surface area contributed by atoms with Gasteiger partial charge in [0, 0.05) is 6.26 Å². The average Bonchev–Trinajstić information content (AvgIpc) is 2.02. The summed E-state index contributed by atoms with van der Waals surface area (Å²) in [5.74, 6) is 2.41. The molecule has 0 atom stereocenters. The molecule has 2 nitrogen and oxygen atoms in total. The molecule has 0 saturated heterocycles. The topological polar surface area (TPSA) is 34.1 Å². The van der Waals surface area contributed by atoms with E-state index in [1.807, 2.05) is 0 Å². The predicted molar refractivity (Wildman–Crippen MR) is 60.0 cm³/mol. The lowest BCUT2D eigenvalue weighted by molar-refractivity contribution is 0.235. The van der Waals surface area contributed by atoms with E-state index in [0.717, 1.165) is 24.7 Å². The Morgan fingerprint density at radius 3 is 2.00 bits per heavy atom. The van der Waals surface area contributed by atoms with Crippen LogP contribution in [0.2, 0.25) is 0 Å². The highest BCUT2D eigenvalue weighted by Gasteiger charge is 2.25. The van der Waals surface area contributed by atoms with E-state index in [9.17, 15) is 8.42 Å². The van der Waals surface area contributed by atoms with Crippen molar-refractivity contribution in [2.24, 2.45) is 17.8 Å². The van der Waals surface area contributed by atoms with Gasteiger partial charge in [0.05, 0.1) is 5.75 Å². The summed E-state index contributed by atoms with van der Waals surface area (Å²) in [7, 11) is -2.76. The molecular formula is C11H22O2S. The van der Waals surface area contributed by atoms with Gasteiger partial charge in [-0.05, 0) is 43.4 Å². The first-order valence-electron chi connectivity index (χ1n) is 5.56. The molecule has 1 rings (SSSR count). The molecule has 84 valence electrons. The summed E-state index contributed by atoms with van der Waals surface area (Å²) in [5.41, 5.74) is 0. The van der Waals surface area contributed by atoms with Gasteiger partial charge in [-0.1, -0.05) is 13.8 Å². The first-order valence-corrected chi connectivity index (χ1v) is 7.62. The minimum absolute atomic E-state index is 0.401. The van der Waals surface area contributed by atoms with Crippen LogP contribution >= 0.6 is 0 Å². The Labute approximate surface area is 88.0 Å². The van der Waals surface area contributed by atoms with Gasteiger partial charge in [-0.15, -0.1) is 0 Å². The standard InChI is InChI=1S/C11H22O2S/c1-9(2)11-6-4-10(5-7-11)8-14(3,12)13/h9-11H,4-8H2,1-3H3. The van der Waals surface area contributed by atoms with Crippen molar-refractivity contribution in [1.29, 1.82) is 0 Å². The summed E-state index contributed by atoms with van der Waals surface area (Å²) in [4.78, 5) is 0. The smallest absolute Gasteiger partial charge is 0.147 e. The van der Waals surface area contributed by atoms with Crippen LogP contribution in [0.4, 0.5) is 0 Å². The third-order valence-electron chi connectivity index (χ3n) is 3.37. The van der Waals surface area contributed by atoms with E-state index in [1.54, 1.807) is 0 Å². The number of hydrogen-bond acceptors (Lipinski definition) is 2. The predicted octanol–water partition coefficient (Wildman–Crippen LogP) is 2.49. The van der Waals surface area contributed by atoms with Crippen molar-refractivity contribution >= 4 is 9.84 Å². The van der Waals surface area contributed by atoms with Crippen LogP contribution in [-0.4, -0.2) is 20.4 Å². The van der Waals surface area contributed by atoms with Crippen LogP contribution in [0.3, 0.4) is 0 Å². The highest BCUT2D eigenvalue weighted by Crippen LogP contribution is 2.33. The molecule has 3 heteroatoms. The van der Waals surface area contributed by atoms with Gasteiger partial charge in [0.25, 0.3) is 0 Å². The SMILES string of the molecule is CC(C)C1CCC(CS(C)(=O)=O)CC1. The van der Waals surface area contributed by atoms with Gasteiger partial charge in [0.2, 0.25) is 0 Å². The van der Waals surface area contributed by atoms with E-state index in [0.29, 0.717) is 11.7 Å². The average molecular weight is 218 g/mol. The van der Waals surface area contributed by atoms with Crippen molar-refractivity contribution in [2.45, 2.75) is 39.5 Å². The summed E-state index contributed by atoms with van der Waals surface area (Å²) in [6.07, 6.45) is 6.00. The summed E-state index contributed by atoms with van der Waals surface area (Å²) >= 11 is 0. The van der Waals surface area contributed by atoms with Gasteiger partial charge < -0.3 is 0 Å². The minimum Gasteiger partial charge on any atom is -0.229 e. The fourth-order valence-electron chi connectivity index (χ4n) is 2.45. The van der Waals surface area contributed by atoms with Crippen molar-refractivity contribution in [3.05, 3.63) is 0 Å². The normalized spacial score (nSPS) is 29.4. The Kier molecular flexibility index (Phi) is 3.99. The first kappa shape index (κ1) is 12.0. The van der Waals surface area contributed by atoms with Crippen LogP contribution in [0.1, 0.15) is 39.5 Å². The molecule has 1 aliphatic rings. The van der Waals surface area contributed by atoms with Crippen LogP contribution in [0.25, 0.3) is 0 Å². The number of sulfone groups is 1. The van der Waals surface area contributed by atoms with Crippen LogP contribution in [0.5, 0.6) is 0 Å². The summed E-state index contributed by atoms with van der Waals surface area (Å²) in [6.45, 7) is 4.53. The van der Waals surface area contributed by atoms with Crippen molar-refractivity contribution in [1.82, 2.24) is 0 Å². The van der Waals surface area contributed by atoms with E-state index in [4.69, 9.17) is 0 Å². The Balaban J connectivity index is 2.36. The Hall–Kier alpha value is -0.0500. The Morgan fingerprint density at radius 1 is 1.14 bits per heavy atom. The maximum Gasteiger partial charge on any atom is 0.147 e. The van der Waals surface area contributed by atoms with Gasteiger partial charge in [0.1, 0.15) is 9.84 Å². The van der Waals surface area contributed by atoms with E-state index in [-0.39, 0.29) is 0 Å². The maximum atomic E-state index is 11.1. The molecule has 0 aromatic heterocycles. The molecule has 0 aliphatic heterocycles. The summed E-state index contributed by atoms with van der Waals surface area (Å²) < 4.78 is 22.2. The molecule has 14 heavy (non-hydrogen) atoms. The molecule has 1 fully saturated rings. The molecule has 0 bridgehead atoms. The molecule has 0 unspecified atom stereocenters. The molecule has 0 aromatic carbocycles. The van der Waals surface area contributed by atoms with E-state index in [1.165, 1.54) is 19.1 Å². The molecular weight excluding hydrogens is 196 g/mol. The molecule has 0 radical (unpaired) electrons. The van der Waals surface area contributed by atoms with Crippen molar-refractivity contribution in [3.8, 4) is 0 Å². The molecule has 1 saturated carbocycles. The zero-order valence-electron chi connectivity index (χ0n) is 9.49. The van der Waals surface area contributed by atoms with Gasteiger partial charge in [0.15, 0.2) is 0 Å². The van der Waals surface area contributed by atoms with E-state index in [2.05, 4.69) is 13.8 Å². The monoisotopic (exact) mass is 218 g/mol. The highest BCUT2D eigenvalue weighted by molar-refractivity contribution is 7.90. The largest absolute Gasteiger partial charge is 0.229 e. The van der Waals surface area contributed by atoms with Gasteiger partial charge >= 0.3 is 0 Å². The Bertz CT molecular complexity index is 259. The first-order chi connectivity index (χ1) is 6.38. The van der Waals surface area contributed by atoms with Crippen LogP contribution in [0, 0.1) is 17.8 Å². The van der Waals surface area contributed by atoms with Gasteiger partial charge in [-0.2, -0.15) is 0 Å². The summed E-state index contributed by atoms with van der Waals surface area (Å²) in [6, 6.07) is 0. The van der Waals surface area contributed by atoms with Crippen molar-refractivity contribution in [3.63, 3.8) is 0 Å². The molecule has 0 aromatic rings. The van der Waals surface area contributed by atoms with Crippen LogP contribution < -0.4 is 0 Å². The lowest BCUT2D eigenvalue weighted by Crippen LogP contribution is -2.23. The molecule has 1 aliphatic carbocycles. The lowest BCUT2D eigenvalue weighted by Gasteiger charge is -2.30. The second kappa shape index (κ2) is 4.65. The maximum absolute atomic E-state index is 11.1. The zero-order valence-corrected chi connectivity index (χ0v) is 10.3. The molecule has 0 N–H and O–H groups in total. The molecule has 0 spiro atoms. The lowest BCUT2D eigenvalue weighted by atomic mass is 9.78. The van der Waals surface area contributed by atoms with Crippen molar-refractivity contribution < 1.29 is 8.42 Å². The van der Waals surface area contributed by atoms with E-state index >= 15 is 0 Å². The quantitative estimate of drug-likeness (QED) is 0.729.